The first-order chi connectivity index (χ1) is 14.6. The lowest BCUT2D eigenvalue weighted by Gasteiger charge is -2.35. The summed E-state index contributed by atoms with van der Waals surface area (Å²) in [7, 11) is 0. The first-order valence-corrected chi connectivity index (χ1v) is 10.2. The zero-order valence-corrected chi connectivity index (χ0v) is 16.9. The maximum absolute atomic E-state index is 13.3. The van der Waals surface area contributed by atoms with E-state index in [1.807, 2.05) is 9.62 Å². The topological polar surface area (TPSA) is 82.1 Å². The maximum atomic E-state index is 13.3. The SMILES string of the molecule is O=C(c1ccc(NS(=O)O)c(OC(F)(F)F)c1)N1CCN(Cc2cccc(F)c2)CC1. The van der Waals surface area contributed by atoms with E-state index in [9.17, 15) is 26.6 Å². The van der Waals surface area contributed by atoms with Crippen LogP contribution < -0.4 is 9.46 Å². The molecule has 0 bridgehead atoms. The van der Waals surface area contributed by atoms with Gasteiger partial charge in [0.1, 0.15) is 5.82 Å². The fourth-order valence-electron chi connectivity index (χ4n) is 3.23. The van der Waals surface area contributed by atoms with E-state index in [-0.39, 0.29) is 17.1 Å². The van der Waals surface area contributed by atoms with Gasteiger partial charge in [-0.3, -0.25) is 19.0 Å². The fraction of sp³-hybridized carbons (Fsp3) is 0.316. The van der Waals surface area contributed by atoms with E-state index < -0.39 is 29.3 Å². The van der Waals surface area contributed by atoms with Crippen molar-refractivity contribution in [3.63, 3.8) is 0 Å². The standard InChI is InChI=1S/C19H19F4N3O4S/c20-15-3-1-2-13(10-15)12-25-6-8-26(9-7-25)18(27)14-4-5-16(24-31(28)29)17(11-14)30-19(21,22)23/h1-5,10-11,24H,6-9,12H2,(H,28,29). The van der Waals surface area contributed by atoms with E-state index in [0.717, 1.165) is 17.7 Å². The number of piperazine rings is 1. The number of anilines is 1. The predicted octanol–water partition coefficient (Wildman–Crippen LogP) is 3.23. The summed E-state index contributed by atoms with van der Waals surface area (Å²) in [6.07, 6.45) is -5.04. The molecule has 1 fully saturated rings. The van der Waals surface area contributed by atoms with Crippen molar-refractivity contribution in [1.29, 1.82) is 0 Å². The molecule has 0 spiro atoms. The quantitative estimate of drug-likeness (QED) is 0.510. The van der Waals surface area contributed by atoms with E-state index in [2.05, 4.69) is 4.74 Å². The summed E-state index contributed by atoms with van der Waals surface area (Å²) < 4.78 is 76.9. The Morgan fingerprint density at radius 2 is 1.84 bits per heavy atom. The van der Waals surface area contributed by atoms with Gasteiger partial charge in [0.25, 0.3) is 17.2 Å². The molecule has 0 aromatic heterocycles. The van der Waals surface area contributed by atoms with Crippen LogP contribution in [0.1, 0.15) is 15.9 Å². The molecule has 1 aliphatic heterocycles. The minimum atomic E-state index is -5.04. The first-order valence-electron chi connectivity index (χ1n) is 9.14. The van der Waals surface area contributed by atoms with Crippen molar-refractivity contribution in [1.82, 2.24) is 9.80 Å². The molecule has 0 aliphatic carbocycles. The van der Waals surface area contributed by atoms with Crippen molar-refractivity contribution in [2.75, 3.05) is 30.9 Å². The molecule has 7 nitrogen and oxygen atoms in total. The lowest BCUT2D eigenvalue weighted by Crippen LogP contribution is -2.48. The molecule has 1 atom stereocenters. The van der Waals surface area contributed by atoms with E-state index in [0.29, 0.717) is 32.7 Å². The average molecular weight is 461 g/mol. The third-order valence-electron chi connectivity index (χ3n) is 4.61. The molecular weight excluding hydrogens is 442 g/mol. The number of rotatable bonds is 6. The molecule has 2 aromatic carbocycles. The number of amides is 1. The highest BCUT2D eigenvalue weighted by Gasteiger charge is 2.33. The average Bonchev–Trinajstić information content (AvgIpc) is 2.68. The van der Waals surface area contributed by atoms with Crippen molar-refractivity contribution in [2.24, 2.45) is 0 Å². The van der Waals surface area contributed by atoms with Crippen LogP contribution in [0, 0.1) is 5.82 Å². The zero-order chi connectivity index (χ0) is 22.6. The van der Waals surface area contributed by atoms with Gasteiger partial charge in [-0.25, -0.2) is 8.60 Å². The van der Waals surface area contributed by atoms with Crippen LogP contribution in [0.25, 0.3) is 0 Å². The fourth-order valence-corrected chi connectivity index (χ4v) is 3.58. The second-order valence-electron chi connectivity index (χ2n) is 6.81. The summed E-state index contributed by atoms with van der Waals surface area (Å²) in [6, 6.07) is 9.42. The lowest BCUT2D eigenvalue weighted by atomic mass is 10.1. The number of ether oxygens (including phenoxy) is 1. The summed E-state index contributed by atoms with van der Waals surface area (Å²) in [4.78, 5) is 16.3. The van der Waals surface area contributed by atoms with Gasteiger partial charge in [-0.1, -0.05) is 12.1 Å². The van der Waals surface area contributed by atoms with Crippen LogP contribution in [-0.4, -0.2) is 57.0 Å². The smallest absolute Gasteiger partial charge is 0.404 e. The highest BCUT2D eigenvalue weighted by Crippen LogP contribution is 2.32. The number of carbonyl (C=O) groups is 1. The number of nitrogens with zero attached hydrogens (tertiary/aromatic N) is 2. The largest absolute Gasteiger partial charge is 0.573 e. The molecule has 2 N–H and O–H groups in total. The van der Waals surface area contributed by atoms with E-state index in [1.165, 1.54) is 23.1 Å². The van der Waals surface area contributed by atoms with Gasteiger partial charge < -0.3 is 9.64 Å². The number of alkyl halides is 3. The normalized spacial score (nSPS) is 16.1. The Morgan fingerprint density at radius 3 is 2.45 bits per heavy atom. The Kier molecular flexibility index (Phi) is 7.13. The van der Waals surface area contributed by atoms with Crippen LogP contribution in [0.2, 0.25) is 0 Å². The molecule has 1 saturated heterocycles. The van der Waals surface area contributed by atoms with Crippen LogP contribution >= 0.6 is 0 Å². The molecule has 1 amide bonds. The van der Waals surface area contributed by atoms with Gasteiger partial charge in [-0.2, -0.15) is 0 Å². The van der Waals surface area contributed by atoms with Crippen LogP contribution in [0.15, 0.2) is 42.5 Å². The second kappa shape index (κ2) is 9.62. The highest BCUT2D eigenvalue weighted by molar-refractivity contribution is 7.80. The summed E-state index contributed by atoms with van der Waals surface area (Å²) in [6.45, 7) is 2.21. The number of carbonyl (C=O) groups excluding carboxylic acids is 1. The maximum Gasteiger partial charge on any atom is 0.573 e. The van der Waals surface area contributed by atoms with Crippen LogP contribution in [0.4, 0.5) is 23.2 Å². The van der Waals surface area contributed by atoms with Gasteiger partial charge in [0.2, 0.25) is 0 Å². The number of nitrogens with one attached hydrogen (secondary N) is 1. The number of hydrogen-bond donors (Lipinski definition) is 2. The molecular formula is C19H19F4N3O4S. The molecule has 0 radical (unpaired) electrons. The van der Waals surface area contributed by atoms with Crippen molar-refractivity contribution in [3.8, 4) is 5.75 Å². The van der Waals surface area contributed by atoms with Gasteiger partial charge in [0.15, 0.2) is 5.75 Å². The Morgan fingerprint density at radius 1 is 1.13 bits per heavy atom. The summed E-state index contributed by atoms with van der Waals surface area (Å²) in [5.41, 5.74) is 0.375. The molecule has 168 valence electrons. The Bertz CT molecular complexity index is 965. The van der Waals surface area contributed by atoms with Crippen molar-refractivity contribution < 1.29 is 35.9 Å². The third kappa shape index (κ3) is 6.64. The Labute approximate surface area is 178 Å². The Balaban J connectivity index is 1.67. The minimum Gasteiger partial charge on any atom is -0.404 e. The summed E-state index contributed by atoms with van der Waals surface area (Å²) in [5.74, 6) is -1.61. The predicted molar refractivity (Wildman–Crippen MR) is 105 cm³/mol. The van der Waals surface area contributed by atoms with Crippen molar-refractivity contribution in [3.05, 3.63) is 59.4 Å². The number of halogens is 4. The molecule has 12 heteroatoms. The first kappa shape index (κ1) is 23.0. The number of benzene rings is 2. The molecule has 31 heavy (non-hydrogen) atoms. The lowest BCUT2D eigenvalue weighted by molar-refractivity contribution is -0.274. The molecule has 3 rings (SSSR count). The zero-order valence-electron chi connectivity index (χ0n) is 16.1. The molecule has 1 heterocycles. The highest BCUT2D eigenvalue weighted by atomic mass is 32.2. The monoisotopic (exact) mass is 461 g/mol. The summed E-state index contributed by atoms with van der Waals surface area (Å²) in [5, 5.41) is 0. The van der Waals surface area contributed by atoms with Crippen LogP contribution in [0.3, 0.4) is 0 Å². The molecule has 1 unspecified atom stereocenters. The molecule has 1 aliphatic rings. The van der Waals surface area contributed by atoms with Gasteiger partial charge in [0.05, 0.1) is 5.69 Å². The molecule has 0 saturated carbocycles. The summed E-state index contributed by atoms with van der Waals surface area (Å²) >= 11 is -2.62. The van der Waals surface area contributed by atoms with Gasteiger partial charge >= 0.3 is 6.36 Å². The molecule has 2 aromatic rings. The van der Waals surface area contributed by atoms with Gasteiger partial charge in [-0.05, 0) is 35.9 Å². The van der Waals surface area contributed by atoms with E-state index in [1.54, 1.807) is 12.1 Å². The van der Waals surface area contributed by atoms with Crippen molar-refractivity contribution in [2.45, 2.75) is 12.9 Å². The van der Waals surface area contributed by atoms with E-state index >= 15 is 0 Å². The van der Waals surface area contributed by atoms with Gasteiger partial charge in [0, 0.05) is 38.3 Å². The second-order valence-corrected chi connectivity index (χ2v) is 7.51. The van der Waals surface area contributed by atoms with E-state index in [4.69, 9.17) is 4.55 Å². The third-order valence-corrected chi connectivity index (χ3v) is 5.00. The van der Waals surface area contributed by atoms with Crippen LogP contribution in [0.5, 0.6) is 5.75 Å². The Hall–Kier alpha value is -2.70. The minimum absolute atomic E-state index is 0.0490. The van der Waals surface area contributed by atoms with Gasteiger partial charge in [-0.15, -0.1) is 13.2 Å². The van der Waals surface area contributed by atoms with Crippen molar-refractivity contribution >= 4 is 22.9 Å². The van der Waals surface area contributed by atoms with Crippen LogP contribution in [-0.2, 0) is 17.8 Å². The number of hydrogen-bond acceptors (Lipinski definition) is 4.